The molecule has 3 heterocycles. The van der Waals surface area contributed by atoms with Crippen LogP contribution in [0.4, 0.5) is 0 Å². The molecule has 2 aromatic rings. The summed E-state index contributed by atoms with van der Waals surface area (Å²) in [6.45, 7) is 1.41. The van der Waals surface area contributed by atoms with Gasteiger partial charge in [0.05, 0.1) is 24.9 Å². The van der Waals surface area contributed by atoms with Gasteiger partial charge in [0.2, 0.25) is 12.8 Å². The second-order valence-corrected chi connectivity index (χ2v) is 8.00. The summed E-state index contributed by atoms with van der Waals surface area (Å²) < 4.78 is 22.7. The monoisotopic (exact) mass is 401 g/mol. The Kier molecular flexibility index (Phi) is 4.62. The normalized spacial score (nSPS) is 24.0. The zero-order valence-corrected chi connectivity index (χ0v) is 15.9. The molecular formula is C20H19NO6S. The molecule has 0 unspecified atom stereocenters. The van der Waals surface area contributed by atoms with Gasteiger partial charge in [-0.25, -0.2) is 0 Å². The van der Waals surface area contributed by atoms with Crippen LogP contribution in [0.1, 0.15) is 35.3 Å². The third kappa shape index (κ3) is 3.01. The lowest BCUT2D eigenvalue weighted by atomic mass is 9.82. The van der Waals surface area contributed by atoms with Gasteiger partial charge in [0.1, 0.15) is 0 Å². The molecule has 5 rings (SSSR count). The van der Waals surface area contributed by atoms with Crippen LogP contribution in [0.2, 0.25) is 0 Å². The molecule has 0 aromatic heterocycles. The standard InChI is InChI=1S/C20H19NO6S/c22-21(23)15-10-28-18-9-17-16(26-11-27-17)8-14(18)19(15)12-4-1-2-5-13(12)20-24-6-3-7-25-20/h1-2,4-5,8-9,15,19-20H,3,6-7,10-11H2/t15-,19-/m1/s1. The molecule has 0 spiro atoms. The number of benzene rings is 2. The van der Waals surface area contributed by atoms with E-state index >= 15 is 0 Å². The van der Waals surface area contributed by atoms with Crippen LogP contribution in [-0.4, -0.2) is 36.7 Å². The lowest BCUT2D eigenvalue weighted by Gasteiger charge is -2.32. The van der Waals surface area contributed by atoms with Crippen molar-refractivity contribution in [3.05, 3.63) is 63.2 Å². The second-order valence-electron chi connectivity index (χ2n) is 6.94. The molecule has 28 heavy (non-hydrogen) atoms. The van der Waals surface area contributed by atoms with Crippen LogP contribution >= 0.6 is 11.8 Å². The van der Waals surface area contributed by atoms with Gasteiger partial charge in [-0.2, -0.15) is 0 Å². The van der Waals surface area contributed by atoms with E-state index in [1.54, 1.807) is 0 Å². The van der Waals surface area contributed by atoms with Crippen LogP contribution in [-0.2, 0) is 9.47 Å². The van der Waals surface area contributed by atoms with Crippen molar-refractivity contribution in [2.75, 3.05) is 25.8 Å². The summed E-state index contributed by atoms with van der Waals surface area (Å²) in [5.74, 6) is 1.31. The van der Waals surface area contributed by atoms with Crippen molar-refractivity contribution in [2.24, 2.45) is 0 Å². The highest BCUT2D eigenvalue weighted by Crippen LogP contribution is 2.49. The van der Waals surface area contributed by atoms with E-state index in [9.17, 15) is 10.1 Å². The predicted octanol–water partition coefficient (Wildman–Crippen LogP) is 3.73. The first-order chi connectivity index (χ1) is 13.7. The molecule has 3 aliphatic rings. The van der Waals surface area contributed by atoms with Gasteiger partial charge in [0, 0.05) is 15.4 Å². The maximum atomic E-state index is 11.9. The molecule has 2 atom stereocenters. The Balaban J connectivity index is 1.64. The number of hydrogen-bond donors (Lipinski definition) is 0. The first kappa shape index (κ1) is 17.8. The number of nitro groups is 1. The summed E-state index contributed by atoms with van der Waals surface area (Å²) in [5, 5.41) is 11.9. The highest BCUT2D eigenvalue weighted by atomic mass is 32.2. The Hall–Kier alpha value is -2.29. The van der Waals surface area contributed by atoms with Gasteiger partial charge < -0.3 is 18.9 Å². The molecular weight excluding hydrogens is 382 g/mol. The minimum absolute atomic E-state index is 0.173. The van der Waals surface area contributed by atoms with Crippen LogP contribution in [0.15, 0.2) is 41.3 Å². The molecule has 3 aliphatic heterocycles. The minimum Gasteiger partial charge on any atom is -0.454 e. The van der Waals surface area contributed by atoms with Gasteiger partial charge in [-0.15, -0.1) is 11.8 Å². The predicted molar refractivity (Wildman–Crippen MR) is 102 cm³/mol. The number of fused-ring (bicyclic) bond motifs is 2. The van der Waals surface area contributed by atoms with Crippen LogP contribution in [0.3, 0.4) is 0 Å². The molecule has 0 bridgehead atoms. The van der Waals surface area contributed by atoms with Gasteiger partial charge in [-0.3, -0.25) is 10.1 Å². The van der Waals surface area contributed by atoms with Crippen LogP contribution in [0.5, 0.6) is 11.5 Å². The Morgan fingerprint density at radius 3 is 2.46 bits per heavy atom. The summed E-state index contributed by atoms with van der Waals surface area (Å²) in [6, 6.07) is 10.8. The van der Waals surface area contributed by atoms with E-state index in [0.29, 0.717) is 30.5 Å². The van der Waals surface area contributed by atoms with Crippen molar-refractivity contribution in [2.45, 2.75) is 29.6 Å². The smallest absolute Gasteiger partial charge is 0.233 e. The van der Waals surface area contributed by atoms with Crippen molar-refractivity contribution in [3.63, 3.8) is 0 Å². The van der Waals surface area contributed by atoms with Gasteiger partial charge in [0.25, 0.3) is 0 Å². The third-order valence-corrected chi connectivity index (χ3v) is 6.49. The first-order valence-electron chi connectivity index (χ1n) is 9.24. The van der Waals surface area contributed by atoms with E-state index in [1.807, 2.05) is 36.4 Å². The topological polar surface area (TPSA) is 80.1 Å². The number of nitrogens with zero attached hydrogens (tertiary/aromatic N) is 1. The third-order valence-electron chi connectivity index (χ3n) is 5.32. The zero-order valence-electron chi connectivity index (χ0n) is 15.0. The average Bonchev–Trinajstić information content (AvgIpc) is 3.19. The molecule has 1 fully saturated rings. The van der Waals surface area contributed by atoms with Crippen molar-refractivity contribution in [3.8, 4) is 11.5 Å². The molecule has 0 saturated carbocycles. The van der Waals surface area contributed by atoms with Crippen molar-refractivity contribution >= 4 is 11.8 Å². The fraction of sp³-hybridized carbons (Fsp3) is 0.400. The number of rotatable bonds is 3. The fourth-order valence-corrected chi connectivity index (χ4v) is 5.23. The van der Waals surface area contributed by atoms with Crippen LogP contribution in [0, 0.1) is 10.1 Å². The molecule has 0 radical (unpaired) electrons. The quantitative estimate of drug-likeness (QED) is 0.573. The van der Waals surface area contributed by atoms with E-state index in [2.05, 4.69) is 0 Å². The average molecular weight is 401 g/mol. The summed E-state index contributed by atoms with van der Waals surface area (Å²) >= 11 is 1.49. The largest absolute Gasteiger partial charge is 0.454 e. The second kappa shape index (κ2) is 7.27. The molecule has 0 N–H and O–H groups in total. The lowest BCUT2D eigenvalue weighted by molar-refractivity contribution is -0.519. The molecule has 146 valence electrons. The molecule has 1 saturated heterocycles. The van der Waals surface area contributed by atoms with Crippen molar-refractivity contribution in [1.82, 2.24) is 0 Å². The molecule has 0 amide bonds. The number of hydrogen-bond acceptors (Lipinski definition) is 7. The van der Waals surface area contributed by atoms with Crippen molar-refractivity contribution in [1.29, 1.82) is 0 Å². The van der Waals surface area contributed by atoms with Gasteiger partial charge in [0.15, 0.2) is 17.8 Å². The minimum atomic E-state index is -0.748. The van der Waals surface area contributed by atoms with E-state index in [4.69, 9.17) is 18.9 Å². The van der Waals surface area contributed by atoms with E-state index in [0.717, 1.165) is 28.0 Å². The molecule has 2 aromatic carbocycles. The summed E-state index contributed by atoms with van der Waals surface area (Å²) in [5.41, 5.74) is 2.62. The maximum Gasteiger partial charge on any atom is 0.233 e. The molecule has 7 nitrogen and oxygen atoms in total. The first-order valence-corrected chi connectivity index (χ1v) is 10.2. The number of thioether (sulfide) groups is 1. The highest BCUT2D eigenvalue weighted by Gasteiger charge is 2.42. The zero-order chi connectivity index (χ0) is 19.1. The Labute approximate surface area is 166 Å². The maximum absolute atomic E-state index is 11.9. The van der Waals surface area contributed by atoms with Gasteiger partial charge in [-0.1, -0.05) is 24.3 Å². The Bertz CT molecular complexity index is 914. The molecule has 0 aliphatic carbocycles. The van der Waals surface area contributed by atoms with Crippen molar-refractivity contribution < 1.29 is 23.9 Å². The van der Waals surface area contributed by atoms with Gasteiger partial charge >= 0.3 is 0 Å². The highest BCUT2D eigenvalue weighted by molar-refractivity contribution is 7.99. The fourth-order valence-electron chi connectivity index (χ4n) is 4.02. The van der Waals surface area contributed by atoms with Crippen LogP contribution < -0.4 is 9.47 Å². The lowest BCUT2D eigenvalue weighted by Crippen LogP contribution is -2.34. The van der Waals surface area contributed by atoms with E-state index < -0.39 is 18.2 Å². The number of ether oxygens (including phenoxy) is 4. The molecule has 8 heteroatoms. The summed E-state index contributed by atoms with van der Waals surface area (Å²) in [4.78, 5) is 12.8. The van der Waals surface area contributed by atoms with Crippen LogP contribution in [0.25, 0.3) is 0 Å². The van der Waals surface area contributed by atoms with Gasteiger partial charge in [-0.05, 0) is 29.7 Å². The summed E-state index contributed by atoms with van der Waals surface area (Å²) in [6.07, 6.45) is 0.354. The van der Waals surface area contributed by atoms with E-state index in [1.165, 1.54) is 11.8 Å². The van der Waals surface area contributed by atoms with E-state index in [-0.39, 0.29) is 11.7 Å². The SMILES string of the molecule is O=[N+]([O-])[C@@H]1CSc2cc3c(cc2[C@H]1c1ccccc1C1OCCCO1)OCO3. The summed E-state index contributed by atoms with van der Waals surface area (Å²) in [7, 11) is 0. The Morgan fingerprint density at radius 2 is 1.71 bits per heavy atom. The Morgan fingerprint density at radius 1 is 1.00 bits per heavy atom.